The van der Waals surface area contributed by atoms with Crippen LogP contribution in [-0.2, 0) is 9.59 Å². The van der Waals surface area contributed by atoms with Gasteiger partial charge in [-0.05, 0) is 30.7 Å². The molecular formula is C20H29N5O4. The van der Waals surface area contributed by atoms with Gasteiger partial charge < -0.3 is 10.6 Å². The maximum atomic E-state index is 12.0. The Balaban J connectivity index is 1.66. The summed E-state index contributed by atoms with van der Waals surface area (Å²) >= 11 is 0. The zero-order valence-corrected chi connectivity index (χ0v) is 16.8. The molecule has 1 aromatic rings. The second kappa shape index (κ2) is 11.7. The lowest BCUT2D eigenvalue weighted by molar-refractivity contribution is -0.123. The smallest absolute Gasteiger partial charge is 0.328 e. The molecule has 1 saturated heterocycles. The molecule has 6 amide bonds. The van der Waals surface area contributed by atoms with Crippen molar-refractivity contribution >= 4 is 35.3 Å². The van der Waals surface area contributed by atoms with Crippen LogP contribution in [0.2, 0.25) is 0 Å². The number of nitrogens with zero attached hydrogens (tertiary/aromatic N) is 1. The number of carbonyl (C=O) groups is 4. The molecule has 0 radical (unpaired) electrons. The molecule has 1 heterocycles. The van der Waals surface area contributed by atoms with Crippen LogP contribution in [-0.4, -0.2) is 35.3 Å². The highest BCUT2D eigenvalue weighted by Crippen LogP contribution is 2.14. The maximum Gasteiger partial charge on any atom is 0.351 e. The highest BCUT2D eigenvalue weighted by atomic mass is 16.2. The molecule has 0 aliphatic carbocycles. The van der Waals surface area contributed by atoms with Gasteiger partial charge in [0, 0.05) is 12.1 Å². The van der Waals surface area contributed by atoms with Crippen LogP contribution >= 0.6 is 0 Å². The van der Waals surface area contributed by atoms with E-state index in [0.717, 1.165) is 12.8 Å². The molecule has 0 bridgehead atoms. The molecule has 0 atom stereocenters. The first kappa shape index (κ1) is 22.2. The summed E-state index contributed by atoms with van der Waals surface area (Å²) in [6.07, 6.45) is 8.63. The Kier molecular flexibility index (Phi) is 8.94. The number of unbranched alkanes of at least 4 members (excludes halogenated alkanes) is 6. The van der Waals surface area contributed by atoms with E-state index in [4.69, 9.17) is 0 Å². The number of benzene rings is 1. The standard InChI is InChI=1S/C20H29N5O4/c1-2-3-4-5-6-7-8-9-17(26)22-15-10-12-16(13-11-15)23-24-20(29)25-18(27)14-21-19(25)28/h10-13,23H,2-9,14H2,1H3,(H,21,28)(H,22,26)(H,24,29). The number of hydrazine groups is 1. The number of rotatable bonds is 11. The molecule has 0 unspecified atom stereocenters. The Morgan fingerprint density at radius 1 is 0.966 bits per heavy atom. The Bertz CT molecular complexity index is 704. The first-order valence-electron chi connectivity index (χ1n) is 10.1. The molecule has 0 saturated carbocycles. The van der Waals surface area contributed by atoms with Gasteiger partial charge in [-0.15, -0.1) is 0 Å². The van der Waals surface area contributed by atoms with Gasteiger partial charge in [-0.1, -0.05) is 45.4 Å². The van der Waals surface area contributed by atoms with Crippen molar-refractivity contribution in [2.45, 2.75) is 58.3 Å². The Labute approximate surface area is 170 Å². The second-order valence-corrected chi connectivity index (χ2v) is 6.94. The van der Waals surface area contributed by atoms with Crippen molar-refractivity contribution in [1.29, 1.82) is 0 Å². The van der Waals surface area contributed by atoms with Gasteiger partial charge in [0.15, 0.2) is 0 Å². The number of nitrogens with one attached hydrogen (secondary N) is 4. The maximum absolute atomic E-state index is 12.0. The second-order valence-electron chi connectivity index (χ2n) is 6.94. The van der Waals surface area contributed by atoms with Crippen LogP contribution in [0, 0.1) is 0 Å². The Morgan fingerprint density at radius 3 is 2.21 bits per heavy atom. The fourth-order valence-corrected chi connectivity index (χ4v) is 2.91. The molecule has 0 spiro atoms. The molecule has 1 aromatic carbocycles. The van der Waals surface area contributed by atoms with E-state index in [0.29, 0.717) is 22.7 Å². The third kappa shape index (κ3) is 7.44. The van der Waals surface area contributed by atoms with Crippen LogP contribution in [0.3, 0.4) is 0 Å². The van der Waals surface area contributed by atoms with Crippen LogP contribution in [0.25, 0.3) is 0 Å². The normalized spacial score (nSPS) is 13.2. The van der Waals surface area contributed by atoms with Gasteiger partial charge in [0.2, 0.25) is 5.91 Å². The number of urea groups is 2. The minimum Gasteiger partial charge on any atom is -0.328 e. The minimum atomic E-state index is -0.864. The lowest BCUT2D eigenvalue weighted by Gasteiger charge is -2.14. The third-order valence-corrected chi connectivity index (χ3v) is 4.54. The largest absolute Gasteiger partial charge is 0.351 e. The van der Waals surface area contributed by atoms with Crippen LogP contribution in [0.5, 0.6) is 0 Å². The van der Waals surface area contributed by atoms with Gasteiger partial charge in [0.25, 0.3) is 5.91 Å². The van der Waals surface area contributed by atoms with E-state index >= 15 is 0 Å². The number of hydrogen-bond acceptors (Lipinski definition) is 5. The summed E-state index contributed by atoms with van der Waals surface area (Å²) in [4.78, 5) is 47.2. The van der Waals surface area contributed by atoms with E-state index < -0.39 is 18.0 Å². The van der Waals surface area contributed by atoms with Gasteiger partial charge in [-0.2, -0.15) is 4.90 Å². The van der Waals surface area contributed by atoms with Gasteiger partial charge in [0.05, 0.1) is 12.2 Å². The van der Waals surface area contributed by atoms with Gasteiger partial charge >= 0.3 is 12.1 Å². The average molecular weight is 403 g/mol. The first-order valence-corrected chi connectivity index (χ1v) is 10.1. The monoisotopic (exact) mass is 403 g/mol. The highest BCUT2D eigenvalue weighted by Gasteiger charge is 2.34. The molecule has 4 N–H and O–H groups in total. The number of hydrogen-bond donors (Lipinski definition) is 4. The van der Waals surface area contributed by atoms with Crippen molar-refractivity contribution in [3.8, 4) is 0 Å². The van der Waals surface area contributed by atoms with Crippen molar-refractivity contribution in [1.82, 2.24) is 15.6 Å². The Morgan fingerprint density at radius 2 is 1.59 bits per heavy atom. The summed E-state index contributed by atoms with van der Waals surface area (Å²) in [5, 5.41) is 5.10. The molecule has 0 aromatic heterocycles. The van der Waals surface area contributed by atoms with E-state index in [1.807, 2.05) is 0 Å². The van der Waals surface area contributed by atoms with Crippen LogP contribution in [0.4, 0.5) is 21.0 Å². The van der Waals surface area contributed by atoms with Crippen LogP contribution in [0.1, 0.15) is 58.3 Å². The van der Waals surface area contributed by atoms with Crippen molar-refractivity contribution in [3.63, 3.8) is 0 Å². The number of carbonyl (C=O) groups excluding carboxylic acids is 4. The van der Waals surface area contributed by atoms with E-state index in [9.17, 15) is 19.2 Å². The number of anilines is 2. The molecule has 29 heavy (non-hydrogen) atoms. The van der Waals surface area contributed by atoms with E-state index in [-0.39, 0.29) is 12.5 Å². The number of amides is 6. The SMILES string of the molecule is CCCCCCCCCC(=O)Nc1ccc(NNC(=O)N2C(=O)CNC2=O)cc1. The fraction of sp³-hybridized carbons (Fsp3) is 0.500. The lowest BCUT2D eigenvalue weighted by Crippen LogP contribution is -2.46. The molecule has 1 aliphatic rings. The molecule has 158 valence electrons. The molecule has 2 rings (SSSR count). The minimum absolute atomic E-state index is 0.0221. The van der Waals surface area contributed by atoms with Crippen molar-refractivity contribution in [2.75, 3.05) is 17.3 Å². The van der Waals surface area contributed by atoms with Gasteiger partial charge in [-0.25, -0.2) is 9.59 Å². The topological polar surface area (TPSA) is 120 Å². The summed E-state index contributed by atoms with van der Waals surface area (Å²) in [7, 11) is 0. The highest BCUT2D eigenvalue weighted by molar-refractivity contribution is 6.14. The molecule has 1 fully saturated rings. The van der Waals surface area contributed by atoms with Crippen LogP contribution in [0.15, 0.2) is 24.3 Å². The quantitative estimate of drug-likeness (QED) is 0.257. The van der Waals surface area contributed by atoms with E-state index in [1.165, 1.54) is 32.1 Å². The summed E-state index contributed by atoms with van der Waals surface area (Å²) in [6.45, 7) is 2.00. The lowest BCUT2D eigenvalue weighted by atomic mass is 10.1. The van der Waals surface area contributed by atoms with Crippen molar-refractivity contribution in [3.05, 3.63) is 24.3 Å². The van der Waals surface area contributed by atoms with Crippen LogP contribution < -0.4 is 21.5 Å². The predicted octanol–water partition coefficient (Wildman–Crippen LogP) is 3.35. The molecule has 9 nitrogen and oxygen atoms in total. The van der Waals surface area contributed by atoms with Gasteiger partial charge in [-0.3, -0.25) is 20.4 Å². The zero-order valence-electron chi connectivity index (χ0n) is 16.8. The average Bonchev–Trinajstić information content (AvgIpc) is 3.05. The summed E-state index contributed by atoms with van der Waals surface area (Å²) in [5.74, 6) is -0.639. The molecular weight excluding hydrogens is 374 g/mol. The fourth-order valence-electron chi connectivity index (χ4n) is 2.91. The summed E-state index contributed by atoms with van der Waals surface area (Å²) in [5.41, 5.74) is 6.10. The van der Waals surface area contributed by atoms with Gasteiger partial charge in [0.1, 0.15) is 0 Å². The summed E-state index contributed by atoms with van der Waals surface area (Å²) < 4.78 is 0. The zero-order chi connectivity index (χ0) is 21.1. The molecule has 9 heteroatoms. The predicted molar refractivity (Wildman–Crippen MR) is 110 cm³/mol. The van der Waals surface area contributed by atoms with Crippen molar-refractivity contribution < 1.29 is 19.2 Å². The van der Waals surface area contributed by atoms with Crippen molar-refractivity contribution in [2.24, 2.45) is 0 Å². The van der Waals surface area contributed by atoms with E-state index in [1.54, 1.807) is 24.3 Å². The third-order valence-electron chi connectivity index (χ3n) is 4.54. The van der Waals surface area contributed by atoms with E-state index in [2.05, 4.69) is 28.4 Å². The number of imide groups is 3. The molecule has 1 aliphatic heterocycles. The summed E-state index contributed by atoms with van der Waals surface area (Å²) in [6, 6.07) is 5.10. The first-order chi connectivity index (χ1) is 14.0. The Hall–Kier alpha value is -3.10.